The minimum absolute atomic E-state index is 0.0588. The van der Waals surface area contributed by atoms with Gasteiger partial charge in [0.05, 0.1) is 6.61 Å². The number of ketones is 1. The van der Waals surface area contributed by atoms with E-state index in [2.05, 4.69) is 13.0 Å². The number of carbonyl (C=O) groups is 1. The lowest BCUT2D eigenvalue weighted by Gasteiger charge is -2.30. The van der Waals surface area contributed by atoms with Crippen molar-refractivity contribution in [2.45, 2.75) is 64.6 Å². The standard InChI is InChI=1S/C16H28O3/c1-4-5-6-7-8-9-10-11-14-15(17)16(18-3)13(2)12-19-14/h10-11,13-14,16H,4-9,12H2,1-3H3/t13-,14-,16-/m0/s1. The number of hydrogen-bond donors (Lipinski definition) is 0. The second-order valence-electron chi connectivity index (χ2n) is 5.42. The number of hydrogen-bond acceptors (Lipinski definition) is 3. The van der Waals surface area contributed by atoms with Crippen molar-refractivity contribution in [3.05, 3.63) is 12.2 Å². The molecule has 0 bridgehead atoms. The zero-order valence-electron chi connectivity index (χ0n) is 12.6. The molecule has 19 heavy (non-hydrogen) atoms. The van der Waals surface area contributed by atoms with Crippen LogP contribution >= 0.6 is 0 Å². The Morgan fingerprint density at radius 1 is 1.32 bits per heavy atom. The number of carbonyl (C=O) groups excluding carboxylic acids is 1. The maximum Gasteiger partial charge on any atom is 0.194 e. The molecule has 1 fully saturated rings. The maximum absolute atomic E-state index is 12.1. The van der Waals surface area contributed by atoms with Crippen LogP contribution in [0.1, 0.15) is 52.4 Å². The first-order valence-electron chi connectivity index (χ1n) is 7.55. The van der Waals surface area contributed by atoms with Gasteiger partial charge in [0.25, 0.3) is 0 Å². The molecule has 0 spiro atoms. The van der Waals surface area contributed by atoms with E-state index in [9.17, 15) is 4.79 Å². The molecule has 0 aromatic heterocycles. The topological polar surface area (TPSA) is 35.5 Å². The van der Waals surface area contributed by atoms with Gasteiger partial charge >= 0.3 is 0 Å². The Morgan fingerprint density at radius 3 is 2.74 bits per heavy atom. The summed E-state index contributed by atoms with van der Waals surface area (Å²) in [4.78, 5) is 12.1. The Balaban J connectivity index is 2.26. The average molecular weight is 268 g/mol. The van der Waals surface area contributed by atoms with Gasteiger partial charge in [-0.1, -0.05) is 51.7 Å². The first-order chi connectivity index (χ1) is 9.20. The smallest absolute Gasteiger partial charge is 0.194 e. The molecule has 1 saturated heterocycles. The molecule has 3 nitrogen and oxygen atoms in total. The van der Waals surface area contributed by atoms with Crippen LogP contribution in [0.25, 0.3) is 0 Å². The Bertz CT molecular complexity index is 286. The fraction of sp³-hybridized carbons (Fsp3) is 0.812. The van der Waals surface area contributed by atoms with Crippen molar-refractivity contribution in [1.29, 1.82) is 0 Å². The van der Waals surface area contributed by atoms with Crippen LogP contribution in [-0.4, -0.2) is 31.7 Å². The largest absolute Gasteiger partial charge is 0.373 e. The third-order valence-corrected chi connectivity index (χ3v) is 3.66. The predicted octanol–water partition coefficient (Wildman–Crippen LogP) is 3.52. The molecule has 0 unspecified atom stereocenters. The van der Waals surface area contributed by atoms with Crippen molar-refractivity contribution < 1.29 is 14.3 Å². The van der Waals surface area contributed by atoms with Crippen LogP contribution in [0.4, 0.5) is 0 Å². The number of methoxy groups -OCH3 is 1. The SMILES string of the molecule is CCCCCCCC=C[C@@H]1OC[C@H](C)[C@H](OC)C1=O. The van der Waals surface area contributed by atoms with Crippen molar-refractivity contribution in [1.82, 2.24) is 0 Å². The van der Waals surface area contributed by atoms with Gasteiger partial charge in [0.15, 0.2) is 5.78 Å². The van der Waals surface area contributed by atoms with Crippen LogP contribution in [0.5, 0.6) is 0 Å². The highest BCUT2D eigenvalue weighted by molar-refractivity contribution is 5.89. The van der Waals surface area contributed by atoms with Gasteiger partial charge in [0.1, 0.15) is 12.2 Å². The maximum atomic E-state index is 12.1. The first kappa shape index (κ1) is 16.4. The minimum atomic E-state index is -0.406. The summed E-state index contributed by atoms with van der Waals surface area (Å²) in [6.07, 6.45) is 10.7. The van der Waals surface area contributed by atoms with Crippen LogP contribution in [-0.2, 0) is 14.3 Å². The van der Waals surface area contributed by atoms with E-state index in [0.717, 1.165) is 6.42 Å². The molecule has 0 saturated carbocycles. The zero-order chi connectivity index (χ0) is 14.1. The summed E-state index contributed by atoms with van der Waals surface area (Å²) < 4.78 is 10.8. The number of allylic oxidation sites excluding steroid dienone is 1. The summed E-state index contributed by atoms with van der Waals surface area (Å²) in [6.45, 7) is 4.80. The summed E-state index contributed by atoms with van der Waals surface area (Å²) in [5.74, 6) is 0.208. The summed E-state index contributed by atoms with van der Waals surface area (Å²) in [5, 5.41) is 0. The van der Waals surface area contributed by atoms with Crippen molar-refractivity contribution in [2.75, 3.05) is 13.7 Å². The Labute approximate surface area is 117 Å². The lowest BCUT2D eigenvalue weighted by atomic mass is 9.94. The van der Waals surface area contributed by atoms with E-state index in [0.29, 0.717) is 6.61 Å². The summed E-state index contributed by atoms with van der Waals surface area (Å²) in [7, 11) is 1.60. The summed E-state index contributed by atoms with van der Waals surface area (Å²) in [5.41, 5.74) is 0. The molecule has 0 aliphatic carbocycles. The van der Waals surface area contributed by atoms with Gasteiger partial charge in [-0.25, -0.2) is 0 Å². The summed E-state index contributed by atoms with van der Waals surface area (Å²) >= 11 is 0. The Morgan fingerprint density at radius 2 is 2.05 bits per heavy atom. The second-order valence-corrected chi connectivity index (χ2v) is 5.42. The van der Waals surface area contributed by atoms with Crippen LogP contribution < -0.4 is 0 Å². The van der Waals surface area contributed by atoms with E-state index in [1.807, 2.05) is 13.0 Å². The molecular weight excluding hydrogens is 240 g/mol. The van der Waals surface area contributed by atoms with Crippen molar-refractivity contribution >= 4 is 5.78 Å². The monoisotopic (exact) mass is 268 g/mol. The quantitative estimate of drug-likeness (QED) is 0.499. The fourth-order valence-corrected chi connectivity index (χ4v) is 2.45. The van der Waals surface area contributed by atoms with Gasteiger partial charge in [-0.15, -0.1) is 0 Å². The number of rotatable bonds is 8. The molecule has 1 heterocycles. The van der Waals surface area contributed by atoms with Gasteiger partial charge in [-0.2, -0.15) is 0 Å². The van der Waals surface area contributed by atoms with Gasteiger partial charge in [0, 0.05) is 13.0 Å². The average Bonchev–Trinajstić information content (AvgIpc) is 2.40. The first-order valence-corrected chi connectivity index (χ1v) is 7.55. The number of Topliss-reactive ketones (excluding diaryl/α,β-unsaturated/α-hetero) is 1. The zero-order valence-corrected chi connectivity index (χ0v) is 12.6. The van der Waals surface area contributed by atoms with E-state index in [4.69, 9.17) is 9.47 Å². The molecule has 0 N–H and O–H groups in total. The van der Waals surface area contributed by atoms with Gasteiger partial charge in [0.2, 0.25) is 0 Å². The third-order valence-electron chi connectivity index (χ3n) is 3.66. The predicted molar refractivity (Wildman–Crippen MR) is 77.2 cm³/mol. The highest BCUT2D eigenvalue weighted by Crippen LogP contribution is 2.19. The van der Waals surface area contributed by atoms with E-state index < -0.39 is 6.10 Å². The van der Waals surface area contributed by atoms with Crippen LogP contribution in [0.3, 0.4) is 0 Å². The molecule has 1 aliphatic rings. The van der Waals surface area contributed by atoms with Crippen LogP contribution in [0.2, 0.25) is 0 Å². The molecule has 3 atom stereocenters. The molecule has 110 valence electrons. The van der Waals surface area contributed by atoms with Crippen molar-refractivity contribution in [2.24, 2.45) is 5.92 Å². The molecule has 0 amide bonds. The van der Waals surface area contributed by atoms with E-state index >= 15 is 0 Å². The van der Waals surface area contributed by atoms with Crippen molar-refractivity contribution in [3.63, 3.8) is 0 Å². The fourth-order valence-electron chi connectivity index (χ4n) is 2.45. The van der Waals surface area contributed by atoms with Gasteiger partial charge in [-0.3, -0.25) is 4.79 Å². The molecule has 0 radical (unpaired) electrons. The Hall–Kier alpha value is -0.670. The molecule has 0 aromatic carbocycles. The highest BCUT2D eigenvalue weighted by atomic mass is 16.5. The molecule has 3 heteroatoms. The van der Waals surface area contributed by atoms with Crippen LogP contribution in [0.15, 0.2) is 12.2 Å². The van der Waals surface area contributed by atoms with Gasteiger partial charge in [-0.05, 0) is 12.8 Å². The molecule has 1 rings (SSSR count). The van der Waals surface area contributed by atoms with Gasteiger partial charge < -0.3 is 9.47 Å². The number of ether oxygens (including phenoxy) is 2. The number of unbranched alkanes of at least 4 members (excludes halogenated alkanes) is 5. The molecule has 1 aliphatic heterocycles. The second kappa shape index (κ2) is 9.27. The lowest BCUT2D eigenvalue weighted by Crippen LogP contribution is -2.45. The lowest BCUT2D eigenvalue weighted by molar-refractivity contribution is -0.152. The molecule has 0 aromatic rings. The molecular formula is C16H28O3. The van der Waals surface area contributed by atoms with E-state index in [1.165, 1.54) is 32.1 Å². The highest BCUT2D eigenvalue weighted by Gasteiger charge is 2.35. The normalized spacial score (nSPS) is 28.2. The van der Waals surface area contributed by atoms with Crippen LogP contribution in [0, 0.1) is 5.92 Å². The third kappa shape index (κ3) is 5.45. The Kier molecular flexibility index (Phi) is 7.99. The van der Waals surface area contributed by atoms with Crippen molar-refractivity contribution in [3.8, 4) is 0 Å². The minimum Gasteiger partial charge on any atom is -0.373 e. The summed E-state index contributed by atoms with van der Waals surface area (Å²) in [6, 6.07) is 0. The van der Waals surface area contributed by atoms with E-state index in [-0.39, 0.29) is 17.8 Å². The van der Waals surface area contributed by atoms with E-state index in [1.54, 1.807) is 7.11 Å².